The molecule has 2 aromatic rings. The van der Waals surface area contributed by atoms with Gasteiger partial charge in [-0.1, -0.05) is 17.3 Å². The van der Waals surface area contributed by atoms with Gasteiger partial charge in [0.1, 0.15) is 0 Å². The largest absolute Gasteiger partial charge is 0.465 e. The monoisotopic (exact) mass is 419 g/mol. The lowest BCUT2D eigenvalue weighted by atomic mass is 10.1. The first-order chi connectivity index (χ1) is 13.7. The Bertz CT molecular complexity index is 984. The number of sulfonamides is 1. The molecule has 2 rings (SSSR count). The number of anilines is 1. The highest BCUT2D eigenvalue weighted by atomic mass is 32.2. The minimum atomic E-state index is -3.52. The molecule has 0 saturated carbocycles. The summed E-state index contributed by atoms with van der Waals surface area (Å²) >= 11 is 0. The van der Waals surface area contributed by atoms with Crippen LogP contribution in [0.3, 0.4) is 0 Å². The maximum Gasteiger partial charge on any atom is 0.337 e. The topological polar surface area (TPSA) is 114 Å². The number of carbonyl (C=O) groups is 2. The van der Waals surface area contributed by atoms with E-state index in [1.54, 1.807) is 24.3 Å². The van der Waals surface area contributed by atoms with E-state index in [0.29, 0.717) is 16.8 Å². The van der Waals surface area contributed by atoms with Crippen LogP contribution < -0.4 is 5.32 Å². The van der Waals surface area contributed by atoms with Gasteiger partial charge in [0, 0.05) is 19.8 Å². The van der Waals surface area contributed by atoms with Crippen LogP contribution in [0.15, 0.2) is 58.6 Å². The molecule has 0 heterocycles. The highest BCUT2D eigenvalue weighted by Gasteiger charge is 2.16. The number of hydrogen-bond donors (Lipinski definition) is 1. The van der Waals surface area contributed by atoms with Crippen LogP contribution >= 0.6 is 0 Å². The standard InChI is InChI=1S/C19H21N3O6S/c1-22(2)29(25,26)17-10-8-16(9-11-17)21-18(23)13-28-20-12-14-4-6-15(7-5-14)19(24)27-3/h4-12H,13H2,1-3H3,(H,21,23)/b20-12+. The molecule has 0 aliphatic rings. The van der Waals surface area contributed by atoms with Gasteiger partial charge in [-0.05, 0) is 42.0 Å². The zero-order valence-corrected chi connectivity index (χ0v) is 17.0. The third kappa shape index (κ3) is 6.13. The molecule has 0 atom stereocenters. The average molecular weight is 419 g/mol. The maximum absolute atomic E-state index is 12.0. The van der Waals surface area contributed by atoms with Crippen LogP contribution in [0.5, 0.6) is 0 Å². The molecule has 29 heavy (non-hydrogen) atoms. The Morgan fingerprint density at radius 3 is 2.24 bits per heavy atom. The number of amides is 1. The van der Waals surface area contributed by atoms with Crippen molar-refractivity contribution >= 4 is 33.8 Å². The second-order valence-electron chi connectivity index (χ2n) is 5.98. The summed E-state index contributed by atoms with van der Waals surface area (Å²) < 4.78 is 29.7. The van der Waals surface area contributed by atoms with Crippen LogP contribution in [0, 0.1) is 0 Å². The third-order valence-electron chi connectivity index (χ3n) is 3.72. The predicted octanol–water partition coefficient (Wildman–Crippen LogP) is 1.71. The second-order valence-corrected chi connectivity index (χ2v) is 8.13. The van der Waals surface area contributed by atoms with Gasteiger partial charge in [-0.2, -0.15) is 0 Å². The van der Waals surface area contributed by atoms with Gasteiger partial charge in [0.2, 0.25) is 10.0 Å². The minimum Gasteiger partial charge on any atom is -0.465 e. The number of methoxy groups -OCH3 is 1. The third-order valence-corrected chi connectivity index (χ3v) is 5.55. The molecular weight excluding hydrogens is 398 g/mol. The van der Waals surface area contributed by atoms with Crippen molar-refractivity contribution in [2.45, 2.75) is 4.90 Å². The number of oxime groups is 1. The summed E-state index contributed by atoms with van der Waals surface area (Å²) in [6, 6.07) is 12.3. The van der Waals surface area contributed by atoms with Crippen molar-refractivity contribution in [2.75, 3.05) is 33.1 Å². The number of benzene rings is 2. The first-order valence-corrected chi connectivity index (χ1v) is 9.84. The predicted molar refractivity (Wildman–Crippen MR) is 107 cm³/mol. The Kier molecular flexibility index (Phi) is 7.46. The van der Waals surface area contributed by atoms with Gasteiger partial charge in [-0.25, -0.2) is 17.5 Å². The molecule has 0 aliphatic heterocycles. The summed E-state index contributed by atoms with van der Waals surface area (Å²) in [5.74, 6) is -0.889. The van der Waals surface area contributed by atoms with E-state index < -0.39 is 21.9 Å². The summed E-state index contributed by atoms with van der Waals surface area (Å²) in [5.41, 5.74) is 1.52. The van der Waals surface area contributed by atoms with Crippen LogP contribution in [0.25, 0.3) is 0 Å². The van der Waals surface area contributed by atoms with E-state index in [9.17, 15) is 18.0 Å². The van der Waals surface area contributed by atoms with Crippen molar-refractivity contribution in [1.82, 2.24) is 4.31 Å². The molecule has 0 unspecified atom stereocenters. The van der Waals surface area contributed by atoms with Gasteiger partial charge in [0.15, 0.2) is 6.61 Å². The molecule has 10 heteroatoms. The number of ether oxygens (including phenoxy) is 1. The molecule has 1 N–H and O–H groups in total. The number of nitrogens with zero attached hydrogens (tertiary/aromatic N) is 2. The number of rotatable bonds is 8. The lowest BCUT2D eigenvalue weighted by Crippen LogP contribution is -2.22. The number of carbonyl (C=O) groups excluding carboxylic acids is 2. The van der Waals surface area contributed by atoms with Crippen LogP contribution in [0.2, 0.25) is 0 Å². The molecule has 0 aromatic heterocycles. The molecule has 154 valence electrons. The first-order valence-electron chi connectivity index (χ1n) is 8.40. The van der Waals surface area contributed by atoms with E-state index in [-0.39, 0.29) is 11.5 Å². The van der Waals surface area contributed by atoms with E-state index in [1.165, 1.54) is 51.7 Å². The Hall–Kier alpha value is -3.24. The number of nitrogens with one attached hydrogen (secondary N) is 1. The van der Waals surface area contributed by atoms with Crippen molar-refractivity contribution in [3.8, 4) is 0 Å². The van der Waals surface area contributed by atoms with E-state index in [1.807, 2.05) is 0 Å². The van der Waals surface area contributed by atoms with Gasteiger partial charge in [0.05, 0.1) is 23.8 Å². The fourth-order valence-corrected chi connectivity index (χ4v) is 3.04. The van der Waals surface area contributed by atoms with Crippen LogP contribution in [-0.2, 0) is 24.4 Å². The molecule has 0 aliphatic carbocycles. The molecule has 0 radical (unpaired) electrons. The van der Waals surface area contributed by atoms with Crippen molar-refractivity contribution < 1.29 is 27.6 Å². The second kappa shape index (κ2) is 9.80. The van der Waals surface area contributed by atoms with E-state index in [4.69, 9.17) is 4.84 Å². The fraction of sp³-hybridized carbons (Fsp3) is 0.211. The molecule has 0 saturated heterocycles. The summed E-state index contributed by atoms with van der Waals surface area (Å²) in [6.45, 7) is -0.325. The number of hydrogen-bond acceptors (Lipinski definition) is 7. The normalized spacial score (nSPS) is 11.4. The molecule has 0 fully saturated rings. The van der Waals surface area contributed by atoms with Gasteiger partial charge < -0.3 is 14.9 Å². The maximum atomic E-state index is 12.0. The number of esters is 1. The zero-order chi connectivity index (χ0) is 21.4. The quantitative estimate of drug-likeness (QED) is 0.396. The Balaban J connectivity index is 1.84. The molecular formula is C19H21N3O6S. The summed E-state index contributed by atoms with van der Waals surface area (Å²) in [6.07, 6.45) is 1.40. The van der Waals surface area contributed by atoms with Crippen molar-refractivity contribution in [3.05, 3.63) is 59.7 Å². The van der Waals surface area contributed by atoms with Crippen molar-refractivity contribution in [2.24, 2.45) is 5.16 Å². The lowest BCUT2D eigenvalue weighted by molar-refractivity contribution is -0.120. The molecule has 2 aromatic carbocycles. The Morgan fingerprint density at radius 1 is 1.07 bits per heavy atom. The highest BCUT2D eigenvalue weighted by molar-refractivity contribution is 7.89. The average Bonchev–Trinajstić information content (AvgIpc) is 2.71. The zero-order valence-electron chi connectivity index (χ0n) is 16.2. The van der Waals surface area contributed by atoms with Gasteiger partial charge in [-0.15, -0.1) is 0 Å². The van der Waals surface area contributed by atoms with E-state index in [0.717, 1.165) is 4.31 Å². The van der Waals surface area contributed by atoms with Gasteiger partial charge in [0.25, 0.3) is 5.91 Å². The van der Waals surface area contributed by atoms with Gasteiger partial charge >= 0.3 is 5.97 Å². The summed E-state index contributed by atoms with van der Waals surface area (Å²) in [7, 11) is 0.660. The van der Waals surface area contributed by atoms with Crippen molar-refractivity contribution in [3.63, 3.8) is 0 Å². The Labute approximate surface area is 169 Å². The van der Waals surface area contributed by atoms with Crippen molar-refractivity contribution in [1.29, 1.82) is 0 Å². The first kappa shape index (κ1) is 22.1. The Morgan fingerprint density at radius 2 is 1.69 bits per heavy atom. The van der Waals surface area contributed by atoms with Crippen LogP contribution in [0.1, 0.15) is 15.9 Å². The summed E-state index contributed by atoms with van der Waals surface area (Å²) in [4.78, 5) is 28.3. The highest BCUT2D eigenvalue weighted by Crippen LogP contribution is 2.16. The molecule has 1 amide bonds. The van der Waals surface area contributed by atoms with E-state index >= 15 is 0 Å². The molecule has 0 bridgehead atoms. The van der Waals surface area contributed by atoms with E-state index in [2.05, 4.69) is 15.2 Å². The fourth-order valence-electron chi connectivity index (χ4n) is 2.14. The SMILES string of the molecule is COC(=O)c1ccc(/C=N/OCC(=O)Nc2ccc(S(=O)(=O)N(C)C)cc2)cc1. The van der Waals surface area contributed by atoms with Crippen LogP contribution in [-0.4, -0.2) is 58.6 Å². The lowest BCUT2D eigenvalue weighted by Gasteiger charge is -2.11. The van der Waals surface area contributed by atoms with Gasteiger partial charge in [-0.3, -0.25) is 4.79 Å². The molecule has 9 nitrogen and oxygen atoms in total. The smallest absolute Gasteiger partial charge is 0.337 e. The van der Waals surface area contributed by atoms with Crippen LogP contribution in [0.4, 0.5) is 5.69 Å². The summed E-state index contributed by atoms with van der Waals surface area (Å²) in [5, 5.41) is 6.27. The minimum absolute atomic E-state index is 0.125. The molecule has 0 spiro atoms.